The highest BCUT2D eigenvalue weighted by atomic mass is 16.5. The second kappa shape index (κ2) is 13.1. The second-order valence-corrected chi connectivity index (χ2v) is 7.66. The van der Waals surface area contributed by atoms with Gasteiger partial charge in [0.2, 0.25) is 11.8 Å². The highest BCUT2D eigenvalue weighted by Gasteiger charge is 2.20. The molecule has 0 radical (unpaired) electrons. The molecule has 2 amide bonds. The molecule has 1 heterocycles. The molecular formula is C23H37N3O4. The summed E-state index contributed by atoms with van der Waals surface area (Å²) in [7, 11) is 0. The number of nitrogens with zero attached hydrogens (tertiary/aromatic N) is 1. The lowest BCUT2D eigenvalue weighted by Crippen LogP contribution is -2.45. The van der Waals surface area contributed by atoms with Gasteiger partial charge in [0.15, 0.2) is 11.5 Å². The maximum atomic E-state index is 12.6. The van der Waals surface area contributed by atoms with Crippen LogP contribution in [-0.4, -0.2) is 55.6 Å². The highest BCUT2D eigenvalue weighted by molar-refractivity contribution is 5.81. The first-order valence-electron chi connectivity index (χ1n) is 11.2. The molecule has 1 aromatic carbocycles. The van der Waals surface area contributed by atoms with Crippen LogP contribution in [0.5, 0.6) is 11.5 Å². The van der Waals surface area contributed by atoms with E-state index in [-0.39, 0.29) is 30.9 Å². The molecule has 0 aromatic heterocycles. The first-order valence-corrected chi connectivity index (χ1v) is 11.2. The summed E-state index contributed by atoms with van der Waals surface area (Å²) >= 11 is 0. The van der Waals surface area contributed by atoms with Gasteiger partial charge in [-0.2, -0.15) is 0 Å². The van der Waals surface area contributed by atoms with Crippen molar-refractivity contribution >= 4 is 11.8 Å². The van der Waals surface area contributed by atoms with E-state index in [1.807, 2.05) is 30.0 Å². The minimum absolute atomic E-state index is 0.0620. The van der Waals surface area contributed by atoms with Crippen molar-refractivity contribution in [2.45, 2.75) is 65.5 Å². The monoisotopic (exact) mass is 419 g/mol. The summed E-state index contributed by atoms with van der Waals surface area (Å²) in [6.45, 7) is 8.59. The van der Waals surface area contributed by atoms with E-state index in [9.17, 15) is 9.59 Å². The maximum Gasteiger partial charge on any atom is 0.234 e. The third-order valence-electron chi connectivity index (χ3n) is 5.23. The van der Waals surface area contributed by atoms with Gasteiger partial charge in [0.25, 0.3) is 0 Å². The average molecular weight is 420 g/mol. The third-order valence-corrected chi connectivity index (χ3v) is 5.23. The molecule has 1 aliphatic rings. The van der Waals surface area contributed by atoms with E-state index in [0.29, 0.717) is 37.8 Å². The first kappa shape index (κ1) is 24.0. The SMILES string of the molecule is CCOc1cccc2c1OCCCCCNC(=O)CN(CC(=O)NC(CC)CC)C2. The van der Waals surface area contributed by atoms with Crippen LogP contribution in [0, 0.1) is 0 Å². The molecule has 2 rings (SSSR count). The first-order chi connectivity index (χ1) is 14.6. The third kappa shape index (κ3) is 7.86. The molecule has 0 aliphatic carbocycles. The number of carbonyl (C=O) groups is 2. The average Bonchev–Trinajstić information content (AvgIpc) is 2.73. The van der Waals surface area contributed by atoms with Gasteiger partial charge in [0.05, 0.1) is 26.3 Å². The molecule has 0 bridgehead atoms. The van der Waals surface area contributed by atoms with Gasteiger partial charge in [-0.05, 0) is 45.1 Å². The molecule has 7 heteroatoms. The van der Waals surface area contributed by atoms with Crippen LogP contribution in [0.2, 0.25) is 0 Å². The Morgan fingerprint density at radius 2 is 2.00 bits per heavy atom. The minimum Gasteiger partial charge on any atom is -0.490 e. The van der Waals surface area contributed by atoms with Crippen LogP contribution >= 0.6 is 0 Å². The van der Waals surface area contributed by atoms with E-state index < -0.39 is 0 Å². The van der Waals surface area contributed by atoms with Crippen LogP contribution in [0.25, 0.3) is 0 Å². The van der Waals surface area contributed by atoms with E-state index in [2.05, 4.69) is 24.5 Å². The Balaban J connectivity index is 2.24. The summed E-state index contributed by atoms with van der Waals surface area (Å²) in [4.78, 5) is 26.9. The molecule has 0 unspecified atom stereocenters. The van der Waals surface area contributed by atoms with E-state index in [4.69, 9.17) is 9.47 Å². The summed E-state index contributed by atoms with van der Waals surface area (Å²) in [5, 5.41) is 6.03. The summed E-state index contributed by atoms with van der Waals surface area (Å²) in [6, 6.07) is 5.95. The van der Waals surface area contributed by atoms with Gasteiger partial charge in [0, 0.05) is 24.7 Å². The number of amides is 2. The number of carbonyl (C=O) groups excluding carboxylic acids is 2. The van der Waals surface area contributed by atoms with Gasteiger partial charge < -0.3 is 20.1 Å². The van der Waals surface area contributed by atoms with Crippen molar-refractivity contribution in [1.29, 1.82) is 0 Å². The van der Waals surface area contributed by atoms with Gasteiger partial charge in [0.1, 0.15) is 0 Å². The molecule has 1 aliphatic heterocycles. The van der Waals surface area contributed by atoms with Crippen LogP contribution in [0.1, 0.15) is 58.4 Å². The Hall–Kier alpha value is -2.28. The second-order valence-electron chi connectivity index (χ2n) is 7.66. The topological polar surface area (TPSA) is 79.9 Å². The van der Waals surface area contributed by atoms with Crippen LogP contribution in [-0.2, 0) is 16.1 Å². The van der Waals surface area contributed by atoms with E-state index in [1.165, 1.54) is 0 Å². The summed E-state index contributed by atoms with van der Waals surface area (Å²) in [5.41, 5.74) is 0.920. The van der Waals surface area contributed by atoms with Crippen LogP contribution in [0.3, 0.4) is 0 Å². The molecule has 0 saturated heterocycles. The molecular weight excluding hydrogens is 382 g/mol. The van der Waals surface area contributed by atoms with Crippen molar-refractivity contribution in [2.75, 3.05) is 32.8 Å². The largest absolute Gasteiger partial charge is 0.490 e. The number of para-hydroxylation sites is 1. The van der Waals surface area contributed by atoms with E-state index in [1.54, 1.807) is 0 Å². The Labute approximate surface area is 180 Å². The smallest absolute Gasteiger partial charge is 0.234 e. The van der Waals surface area contributed by atoms with E-state index >= 15 is 0 Å². The Kier molecular flexibility index (Phi) is 10.5. The zero-order chi connectivity index (χ0) is 21.8. The number of hydrogen-bond donors (Lipinski definition) is 2. The molecule has 0 spiro atoms. The fraction of sp³-hybridized carbons (Fsp3) is 0.652. The lowest BCUT2D eigenvalue weighted by molar-refractivity contribution is -0.125. The number of ether oxygens (including phenoxy) is 2. The summed E-state index contributed by atoms with van der Waals surface area (Å²) in [6.07, 6.45) is 4.57. The number of fused-ring (bicyclic) bond motifs is 1. The number of hydrogen-bond acceptors (Lipinski definition) is 5. The molecule has 168 valence electrons. The van der Waals surface area contributed by atoms with Gasteiger partial charge in [-0.1, -0.05) is 26.0 Å². The normalized spacial score (nSPS) is 16.3. The Morgan fingerprint density at radius 3 is 2.73 bits per heavy atom. The molecule has 0 atom stereocenters. The highest BCUT2D eigenvalue weighted by Crippen LogP contribution is 2.32. The van der Waals surface area contributed by atoms with Crippen molar-refractivity contribution < 1.29 is 19.1 Å². The minimum atomic E-state index is -0.0655. The van der Waals surface area contributed by atoms with Crippen molar-refractivity contribution in [2.24, 2.45) is 0 Å². The standard InChI is InChI=1S/C23H37N3O4/c1-4-19(5-2)25-22(28)17-26-15-18-11-10-12-20(29-6-3)23(18)30-14-9-7-8-13-24-21(27)16-26/h10-12,19H,4-9,13-17H2,1-3H3,(H,24,27)(H,25,28). The Morgan fingerprint density at radius 1 is 1.20 bits per heavy atom. The zero-order valence-corrected chi connectivity index (χ0v) is 18.7. The van der Waals surface area contributed by atoms with Crippen molar-refractivity contribution in [3.63, 3.8) is 0 Å². The molecule has 7 nitrogen and oxygen atoms in total. The zero-order valence-electron chi connectivity index (χ0n) is 18.7. The lowest BCUT2D eigenvalue weighted by Gasteiger charge is -2.24. The number of nitrogens with one attached hydrogen (secondary N) is 2. The van der Waals surface area contributed by atoms with Crippen LogP contribution in [0.15, 0.2) is 18.2 Å². The summed E-state index contributed by atoms with van der Waals surface area (Å²) in [5.74, 6) is 1.29. The van der Waals surface area contributed by atoms with Gasteiger partial charge in [-0.25, -0.2) is 0 Å². The van der Waals surface area contributed by atoms with Crippen molar-refractivity contribution in [3.05, 3.63) is 23.8 Å². The lowest BCUT2D eigenvalue weighted by atomic mass is 10.1. The molecule has 1 aromatic rings. The fourth-order valence-electron chi connectivity index (χ4n) is 3.56. The van der Waals surface area contributed by atoms with Gasteiger partial charge in [-0.3, -0.25) is 14.5 Å². The molecule has 0 fully saturated rings. The predicted molar refractivity (Wildman–Crippen MR) is 118 cm³/mol. The van der Waals surface area contributed by atoms with Crippen molar-refractivity contribution in [1.82, 2.24) is 15.5 Å². The Bertz CT molecular complexity index is 676. The van der Waals surface area contributed by atoms with Gasteiger partial charge in [-0.15, -0.1) is 0 Å². The maximum absolute atomic E-state index is 12.6. The van der Waals surface area contributed by atoms with Crippen LogP contribution < -0.4 is 20.1 Å². The van der Waals surface area contributed by atoms with Crippen molar-refractivity contribution in [3.8, 4) is 11.5 Å². The van der Waals surface area contributed by atoms with Gasteiger partial charge >= 0.3 is 0 Å². The predicted octanol–water partition coefficient (Wildman–Crippen LogP) is 2.87. The molecule has 30 heavy (non-hydrogen) atoms. The van der Waals surface area contributed by atoms with E-state index in [0.717, 1.165) is 37.7 Å². The number of benzene rings is 1. The molecule has 0 saturated carbocycles. The fourth-order valence-corrected chi connectivity index (χ4v) is 3.56. The molecule has 2 N–H and O–H groups in total. The summed E-state index contributed by atoms with van der Waals surface area (Å²) < 4.78 is 11.9. The number of rotatable bonds is 7. The quantitative estimate of drug-likeness (QED) is 0.710. The van der Waals surface area contributed by atoms with Crippen LogP contribution in [0.4, 0.5) is 0 Å².